The summed E-state index contributed by atoms with van der Waals surface area (Å²) in [5, 5.41) is 6.15. The fraction of sp³-hybridized carbons (Fsp3) is 0.610. The van der Waals surface area contributed by atoms with E-state index in [2.05, 4.69) is 44.5 Å². The van der Waals surface area contributed by atoms with Gasteiger partial charge in [-0.05, 0) is 82.1 Å². The van der Waals surface area contributed by atoms with E-state index in [1.165, 1.54) is 0 Å². The number of likely N-dealkylation sites (tertiary alicyclic amines) is 1. The number of alkyl carbamates (subject to hydrolysis) is 1. The highest BCUT2D eigenvalue weighted by atomic mass is 28.4. The molecular weight excluding hydrogens is 659 g/mol. The van der Waals surface area contributed by atoms with E-state index in [4.69, 9.17) is 9.16 Å². The Kier molecular flexibility index (Phi) is 14.6. The normalized spacial score (nSPS) is 16.6. The number of ether oxygens (including phenoxy) is 1. The number of hydrogen-bond acceptors (Lipinski definition) is 6. The zero-order chi connectivity index (χ0) is 38.1. The minimum Gasteiger partial charge on any atom is -0.444 e. The maximum atomic E-state index is 14.6. The van der Waals surface area contributed by atoms with Crippen LogP contribution in [0.25, 0.3) is 0 Å². The largest absolute Gasteiger partial charge is 0.444 e. The van der Waals surface area contributed by atoms with Gasteiger partial charge in [-0.2, -0.15) is 0 Å². The molecule has 3 amide bonds. The van der Waals surface area contributed by atoms with E-state index >= 15 is 0 Å². The molecule has 2 aromatic rings. The summed E-state index contributed by atoms with van der Waals surface area (Å²) >= 11 is 0. The van der Waals surface area contributed by atoms with Crippen LogP contribution in [0.2, 0.25) is 18.1 Å². The van der Waals surface area contributed by atoms with E-state index < -0.39 is 44.1 Å². The van der Waals surface area contributed by atoms with Crippen LogP contribution in [-0.2, 0) is 36.4 Å². The first-order valence-electron chi connectivity index (χ1n) is 18.5. The van der Waals surface area contributed by atoms with E-state index in [1.807, 2.05) is 96.1 Å². The summed E-state index contributed by atoms with van der Waals surface area (Å²) in [5.74, 6) is -1.01. The number of ketones is 1. The Bertz CT molecular complexity index is 1450. The van der Waals surface area contributed by atoms with Crippen molar-refractivity contribution in [1.82, 2.24) is 15.5 Å². The molecule has 4 unspecified atom stereocenters. The predicted molar refractivity (Wildman–Crippen MR) is 206 cm³/mol. The van der Waals surface area contributed by atoms with Gasteiger partial charge in [0.05, 0.1) is 12.1 Å². The zero-order valence-electron chi connectivity index (χ0n) is 32.9. The molecule has 0 bridgehead atoms. The lowest BCUT2D eigenvalue weighted by Gasteiger charge is -2.42. The second-order valence-electron chi connectivity index (χ2n) is 17.1. The van der Waals surface area contributed by atoms with Crippen LogP contribution in [-0.4, -0.2) is 73.8 Å². The van der Waals surface area contributed by atoms with Crippen molar-refractivity contribution in [2.24, 2.45) is 11.8 Å². The number of piperidine rings is 1. The molecule has 51 heavy (non-hydrogen) atoms. The van der Waals surface area contributed by atoms with Crippen molar-refractivity contribution in [1.29, 1.82) is 0 Å². The number of hydrogen-bond donors (Lipinski definition) is 2. The van der Waals surface area contributed by atoms with Crippen molar-refractivity contribution in [2.45, 2.75) is 136 Å². The van der Waals surface area contributed by atoms with Crippen LogP contribution in [0.1, 0.15) is 91.3 Å². The number of nitrogens with one attached hydrogen (secondary N) is 2. The van der Waals surface area contributed by atoms with Crippen LogP contribution in [0.4, 0.5) is 4.79 Å². The molecule has 2 N–H and O–H groups in total. The van der Waals surface area contributed by atoms with Gasteiger partial charge >= 0.3 is 6.09 Å². The highest BCUT2D eigenvalue weighted by Crippen LogP contribution is 2.39. The first-order chi connectivity index (χ1) is 23.6. The molecular formula is C41H63N3O6Si. The molecule has 0 aromatic heterocycles. The third-order valence-corrected chi connectivity index (χ3v) is 14.6. The number of benzene rings is 2. The van der Waals surface area contributed by atoms with Crippen LogP contribution >= 0.6 is 0 Å². The van der Waals surface area contributed by atoms with E-state index in [0.717, 1.165) is 16.7 Å². The molecule has 1 aliphatic rings. The van der Waals surface area contributed by atoms with Crippen LogP contribution in [0.15, 0.2) is 54.6 Å². The molecule has 3 rings (SSSR count). The summed E-state index contributed by atoms with van der Waals surface area (Å²) in [4.78, 5) is 55.4. The van der Waals surface area contributed by atoms with Gasteiger partial charge in [0.2, 0.25) is 11.8 Å². The molecule has 0 radical (unpaired) electrons. The van der Waals surface area contributed by atoms with Crippen molar-refractivity contribution in [2.75, 3.05) is 13.1 Å². The van der Waals surface area contributed by atoms with Crippen molar-refractivity contribution < 1.29 is 28.3 Å². The first kappa shape index (κ1) is 41.9. The minimum absolute atomic E-state index is 0.145. The van der Waals surface area contributed by atoms with Gasteiger partial charge in [0.25, 0.3) is 0 Å². The summed E-state index contributed by atoms with van der Waals surface area (Å²) in [6, 6.07) is 16.8. The maximum absolute atomic E-state index is 14.6. The van der Waals surface area contributed by atoms with Crippen LogP contribution in [0.3, 0.4) is 0 Å². The quantitative estimate of drug-likeness (QED) is 0.197. The number of rotatable bonds is 14. The zero-order valence-corrected chi connectivity index (χ0v) is 33.9. The average Bonchev–Trinajstić information content (AvgIpc) is 3.02. The molecule has 10 heteroatoms. The number of carbonyl (C=O) groups is 4. The molecule has 2 aromatic carbocycles. The maximum Gasteiger partial charge on any atom is 0.407 e. The van der Waals surface area contributed by atoms with Crippen molar-refractivity contribution in [3.8, 4) is 0 Å². The lowest BCUT2D eigenvalue weighted by atomic mass is 9.88. The molecule has 0 saturated carbocycles. The topological polar surface area (TPSA) is 114 Å². The highest BCUT2D eigenvalue weighted by Gasteiger charge is 2.43. The second kappa shape index (κ2) is 17.8. The molecule has 4 atom stereocenters. The summed E-state index contributed by atoms with van der Waals surface area (Å²) in [6.45, 7) is 23.0. The molecule has 0 aliphatic carbocycles. The Morgan fingerprint density at radius 1 is 0.843 bits per heavy atom. The monoisotopic (exact) mass is 721 g/mol. The summed E-state index contributed by atoms with van der Waals surface area (Å²) in [7, 11) is -2.46. The van der Waals surface area contributed by atoms with Gasteiger partial charge in [0, 0.05) is 31.8 Å². The summed E-state index contributed by atoms with van der Waals surface area (Å²) in [6.07, 6.45) is 0.764. The van der Waals surface area contributed by atoms with Gasteiger partial charge in [-0.1, -0.05) is 94.8 Å². The number of nitrogens with zero attached hydrogens (tertiary/aromatic N) is 1. The van der Waals surface area contributed by atoms with Crippen LogP contribution in [0, 0.1) is 18.8 Å². The minimum atomic E-state index is -2.46. The summed E-state index contributed by atoms with van der Waals surface area (Å²) < 4.78 is 12.9. The third-order valence-electron chi connectivity index (χ3n) is 10.1. The van der Waals surface area contributed by atoms with Crippen molar-refractivity contribution in [3.63, 3.8) is 0 Å². The number of aryl methyl sites for hydroxylation is 1. The van der Waals surface area contributed by atoms with E-state index in [0.29, 0.717) is 45.2 Å². The van der Waals surface area contributed by atoms with Gasteiger partial charge in [-0.25, -0.2) is 4.79 Å². The first-order valence-corrected chi connectivity index (χ1v) is 21.4. The molecule has 1 fully saturated rings. The third kappa shape index (κ3) is 13.2. The smallest absolute Gasteiger partial charge is 0.407 e. The van der Waals surface area contributed by atoms with Gasteiger partial charge in [0.15, 0.2) is 8.32 Å². The Morgan fingerprint density at radius 3 is 1.94 bits per heavy atom. The van der Waals surface area contributed by atoms with Gasteiger partial charge in [0.1, 0.15) is 17.4 Å². The van der Waals surface area contributed by atoms with Crippen molar-refractivity contribution in [3.05, 3.63) is 71.3 Å². The Hall–Kier alpha value is -3.50. The lowest BCUT2D eigenvalue weighted by molar-refractivity contribution is -0.141. The van der Waals surface area contributed by atoms with Crippen LogP contribution in [0.5, 0.6) is 0 Å². The fourth-order valence-corrected chi connectivity index (χ4v) is 7.35. The molecule has 9 nitrogen and oxygen atoms in total. The van der Waals surface area contributed by atoms with Gasteiger partial charge in [-0.15, -0.1) is 0 Å². The molecule has 0 spiro atoms. The van der Waals surface area contributed by atoms with E-state index in [9.17, 15) is 19.2 Å². The fourth-order valence-electron chi connectivity index (χ4n) is 5.98. The molecule has 1 saturated heterocycles. The average molecular weight is 722 g/mol. The van der Waals surface area contributed by atoms with E-state index in [-0.39, 0.29) is 28.6 Å². The number of amides is 3. The molecule has 282 valence electrons. The van der Waals surface area contributed by atoms with Crippen LogP contribution < -0.4 is 10.6 Å². The Balaban J connectivity index is 2.06. The van der Waals surface area contributed by atoms with E-state index in [1.54, 1.807) is 4.90 Å². The van der Waals surface area contributed by atoms with Crippen molar-refractivity contribution >= 4 is 32.0 Å². The summed E-state index contributed by atoms with van der Waals surface area (Å²) in [5.41, 5.74) is 2.43. The predicted octanol–water partition coefficient (Wildman–Crippen LogP) is 7.40. The number of carbonyl (C=O) groups excluding carboxylic acids is 4. The van der Waals surface area contributed by atoms with Gasteiger partial charge in [-0.3, -0.25) is 14.4 Å². The molecule has 1 aliphatic heterocycles. The number of Topliss-reactive ketones (excluding diaryl/α,β-unsaturated/α-hetero) is 1. The molecule has 1 heterocycles. The highest BCUT2D eigenvalue weighted by molar-refractivity contribution is 6.74. The standard InChI is InChI=1S/C41H63N3O6Si/c1-28(2)36(38(47)44-23-21-33(45)22-24-44)43-37(46)32(25-31-19-17-29(3)18-20-31)27-35(50-51(10,11)41(7,8)9)34(26-30-15-13-12-14-16-30)42-39(48)49-40(4,5)6/h12-20,28,32,34-36H,21-27H2,1-11H3,(H,42,48)(H,43,46). The van der Waals surface area contributed by atoms with Gasteiger partial charge < -0.3 is 24.7 Å². The Labute approximate surface area is 307 Å². The lowest BCUT2D eigenvalue weighted by Crippen LogP contribution is -2.56. The second-order valence-corrected chi connectivity index (χ2v) is 21.8. The Morgan fingerprint density at radius 2 is 1.41 bits per heavy atom. The SMILES string of the molecule is Cc1ccc(CC(CC(O[Si](C)(C)C(C)(C)C)C(Cc2ccccc2)NC(=O)OC(C)(C)C)C(=O)NC(C(=O)N2CCC(=O)CC2)C(C)C)cc1.